The maximum Gasteiger partial charge on any atom is 0.170 e. The van der Waals surface area contributed by atoms with E-state index in [1.165, 1.54) is 17.4 Å². The number of aromatic nitrogens is 1. The van der Waals surface area contributed by atoms with Gasteiger partial charge in [-0.1, -0.05) is 5.16 Å². The summed E-state index contributed by atoms with van der Waals surface area (Å²) in [5.74, 6) is -0.579. The molecule has 0 fully saturated rings. The molecule has 1 aromatic heterocycles. The van der Waals surface area contributed by atoms with Gasteiger partial charge < -0.3 is 10.9 Å². The first-order valence-electron chi connectivity index (χ1n) is 3.73. The van der Waals surface area contributed by atoms with Crippen molar-refractivity contribution in [1.29, 1.82) is 0 Å². The SMILES string of the molecule is N/C(=N\O)c1cc(F)c2ncsc2c1. The summed E-state index contributed by atoms with van der Waals surface area (Å²) in [5.41, 5.74) is 7.54. The van der Waals surface area contributed by atoms with Gasteiger partial charge in [0.1, 0.15) is 5.52 Å². The molecule has 14 heavy (non-hydrogen) atoms. The topological polar surface area (TPSA) is 71.5 Å². The number of halogens is 1. The van der Waals surface area contributed by atoms with Crippen LogP contribution < -0.4 is 5.73 Å². The molecule has 0 saturated heterocycles. The number of nitrogens with two attached hydrogens (primary N) is 1. The van der Waals surface area contributed by atoms with Crippen LogP contribution in [-0.4, -0.2) is 16.0 Å². The third-order valence-electron chi connectivity index (χ3n) is 1.79. The van der Waals surface area contributed by atoms with Gasteiger partial charge in [-0.2, -0.15) is 0 Å². The van der Waals surface area contributed by atoms with Crippen LogP contribution >= 0.6 is 11.3 Å². The molecule has 3 N–H and O–H groups in total. The number of benzene rings is 1. The lowest BCUT2D eigenvalue weighted by atomic mass is 10.2. The Balaban J connectivity index is 2.70. The van der Waals surface area contributed by atoms with Crippen LogP contribution in [0.5, 0.6) is 0 Å². The van der Waals surface area contributed by atoms with Gasteiger partial charge in [-0.05, 0) is 12.1 Å². The van der Waals surface area contributed by atoms with E-state index in [0.29, 0.717) is 15.8 Å². The number of rotatable bonds is 1. The summed E-state index contributed by atoms with van der Waals surface area (Å²) in [4.78, 5) is 3.84. The van der Waals surface area contributed by atoms with Gasteiger partial charge in [0, 0.05) is 5.56 Å². The Hall–Kier alpha value is -1.69. The van der Waals surface area contributed by atoms with Crippen LogP contribution in [0, 0.1) is 5.82 Å². The minimum Gasteiger partial charge on any atom is -0.409 e. The summed E-state index contributed by atoms with van der Waals surface area (Å²) in [6.45, 7) is 0. The molecule has 0 radical (unpaired) electrons. The van der Waals surface area contributed by atoms with Gasteiger partial charge in [0.2, 0.25) is 0 Å². The molecule has 2 aromatic rings. The van der Waals surface area contributed by atoms with Crippen LogP contribution in [0.3, 0.4) is 0 Å². The first-order chi connectivity index (χ1) is 6.72. The van der Waals surface area contributed by atoms with Crippen molar-refractivity contribution >= 4 is 27.4 Å². The highest BCUT2D eigenvalue weighted by Crippen LogP contribution is 2.22. The van der Waals surface area contributed by atoms with E-state index in [0.717, 1.165) is 0 Å². The van der Waals surface area contributed by atoms with Crippen LogP contribution in [-0.2, 0) is 0 Å². The van der Waals surface area contributed by atoms with Crippen molar-refractivity contribution in [3.63, 3.8) is 0 Å². The molecule has 0 aliphatic carbocycles. The molecule has 0 spiro atoms. The average molecular weight is 211 g/mol. The molecule has 4 nitrogen and oxygen atoms in total. The van der Waals surface area contributed by atoms with E-state index in [4.69, 9.17) is 10.9 Å². The maximum atomic E-state index is 13.3. The first kappa shape index (κ1) is 8.89. The molecule has 0 unspecified atom stereocenters. The Morgan fingerprint density at radius 1 is 1.57 bits per heavy atom. The lowest BCUT2D eigenvalue weighted by molar-refractivity contribution is 0.318. The van der Waals surface area contributed by atoms with Crippen LogP contribution in [0.1, 0.15) is 5.56 Å². The van der Waals surface area contributed by atoms with Crippen LogP contribution in [0.4, 0.5) is 4.39 Å². The van der Waals surface area contributed by atoms with Crippen molar-refractivity contribution in [3.05, 3.63) is 29.0 Å². The number of amidine groups is 1. The van der Waals surface area contributed by atoms with Gasteiger partial charge in [0.05, 0.1) is 10.2 Å². The lowest BCUT2D eigenvalue weighted by Gasteiger charge is -1.98. The standard InChI is InChI=1S/C8H6FN3OS/c9-5-1-4(8(10)12-13)2-6-7(5)11-3-14-6/h1-3,13H,(H2,10,12). The summed E-state index contributed by atoms with van der Waals surface area (Å²) in [6, 6.07) is 2.82. The van der Waals surface area contributed by atoms with Gasteiger partial charge in [-0.3, -0.25) is 0 Å². The normalized spacial score (nSPS) is 12.2. The van der Waals surface area contributed by atoms with Crippen LogP contribution in [0.2, 0.25) is 0 Å². The van der Waals surface area contributed by atoms with Gasteiger partial charge in [-0.15, -0.1) is 11.3 Å². The van der Waals surface area contributed by atoms with Crippen LogP contribution in [0.15, 0.2) is 22.8 Å². The van der Waals surface area contributed by atoms with Crippen molar-refractivity contribution in [2.45, 2.75) is 0 Å². The van der Waals surface area contributed by atoms with E-state index < -0.39 is 5.82 Å². The summed E-state index contributed by atoms with van der Waals surface area (Å²) < 4.78 is 14.0. The van der Waals surface area contributed by atoms with Crippen molar-refractivity contribution in [3.8, 4) is 0 Å². The van der Waals surface area contributed by atoms with E-state index in [1.54, 1.807) is 11.6 Å². The predicted molar refractivity (Wildman–Crippen MR) is 52.1 cm³/mol. The fraction of sp³-hybridized carbons (Fsp3) is 0. The molecule has 1 aromatic carbocycles. The van der Waals surface area contributed by atoms with Gasteiger partial charge in [-0.25, -0.2) is 9.37 Å². The van der Waals surface area contributed by atoms with Gasteiger partial charge in [0.15, 0.2) is 11.7 Å². The van der Waals surface area contributed by atoms with Gasteiger partial charge >= 0.3 is 0 Å². The van der Waals surface area contributed by atoms with Crippen molar-refractivity contribution < 1.29 is 9.60 Å². The Bertz CT molecular complexity index is 508. The molecule has 0 aliphatic rings. The van der Waals surface area contributed by atoms with Crippen molar-refractivity contribution in [2.24, 2.45) is 10.9 Å². The molecule has 0 bridgehead atoms. The zero-order valence-corrected chi connectivity index (χ0v) is 7.75. The molecule has 0 aliphatic heterocycles. The molecule has 2 rings (SSSR count). The molecule has 6 heteroatoms. The second kappa shape index (κ2) is 3.22. The largest absolute Gasteiger partial charge is 0.409 e. The first-order valence-corrected chi connectivity index (χ1v) is 4.61. The molecular weight excluding hydrogens is 205 g/mol. The quantitative estimate of drug-likeness (QED) is 0.325. The fourth-order valence-electron chi connectivity index (χ4n) is 1.13. The number of hydrogen-bond acceptors (Lipinski definition) is 4. The number of thiazole rings is 1. The Labute approximate surface area is 82.5 Å². The van der Waals surface area contributed by atoms with E-state index in [2.05, 4.69) is 10.1 Å². The summed E-state index contributed by atoms with van der Waals surface area (Å²) in [6.07, 6.45) is 0. The lowest BCUT2D eigenvalue weighted by Crippen LogP contribution is -2.13. The van der Waals surface area contributed by atoms with E-state index in [1.807, 2.05) is 0 Å². The number of fused-ring (bicyclic) bond motifs is 1. The minimum atomic E-state index is -0.467. The monoisotopic (exact) mass is 211 g/mol. The van der Waals surface area contributed by atoms with Crippen molar-refractivity contribution in [1.82, 2.24) is 4.98 Å². The van der Waals surface area contributed by atoms with Gasteiger partial charge in [0.25, 0.3) is 0 Å². The summed E-state index contributed by atoms with van der Waals surface area (Å²) in [5, 5.41) is 11.2. The second-order valence-electron chi connectivity index (χ2n) is 2.64. The third-order valence-corrected chi connectivity index (χ3v) is 2.57. The van der Waals surface area contributed by atoms with E-state index in [9.17, 15) is 4.39 Å². The molecule has 0 saturated carbocycles. The number of oxime groups is 1. The second-order valence-corrected chi connectivity index (χ2v) is 3.53. The molecule has 0 atom stereocenters. The Kier molecular flexibility index (Phi) is 2.05. The highest BCUT2D eigenvalue weighted by molar-refractivity contribution is 7.16. The van der Waals surface area contributed by atoms with Crippen molar-refractivity contribution in [2.75, 3.05) is 0 Å². The summed E-state index contributed by atoms with van der Waals surface area (Å²) in [7, 11) is 0. The Morgan fingerprint density at radius 2 is 2.36 bits per heavy atom. The molecule has 1 heterocycles. The number of hydrogen-bond donors (Lipinski definition) is 2. The van der Waals surface area contributed by atoms with E-state index in [-0.39, 0.29) is 5.84 Å². The predicted octanol–water partition coefficient (Wildman–Crippen LogP) is 1.53. The zero-order chi connectivity index (χ0) is 10.1. The average Bonchev–Trinajstić information content (AvgIpc) is 2.64. The number of nitrogens with zero attached hydrogens (tertiary/aromatic N) is 2. The highest BCUT2D eigenvalue weighted by Gasteiger charge is 2.08. The van der Waals surface area contributed by atoms with Crippen LogP contribution in [0.25, 0.3) is 10.2 Å². The molecule has 72 valence electrons. The third kappa shape index (κ3) is 1.29. The zero-order valence-electron chi connectivity index (χ0n) is 6.94. The molecular formula is C8H6FN3OS. The maximum absolute atomic E-state index is 13.3. The highest BCUT2D eigenvalue weighted by atomic mass is 32.1. The Morgan fingerprint density at radius 3 is 3.07 bits per heavy atom. The minimum absolute atomic E-state index is 0.112. The van der Waals surface area contributed by atoms with E-state index >= 15 is 0 Å². The smallest absolute Gasteiger partial charge is 0.170 e. The fourth-order valence-corrected chi connectivity index (χ4v) is 1.86. The molecule has 0 amide bonds. The summed E-state index contributed by atoms with van der Waals surface area (Å²) >= 11 is 1.30.